The zero-order valence-corrected chi connectivity index (χ0v) is 20.2. The number of hydrogen-bond donors (Lipinski definition) is 0. The van der Waals surface area contributed by atoms with Gasteiger partial charge in [-0.25, -0.2) is 18.2 Å². The Morgan fingerprint density at radius 1 is 1.14 bits per heavy atom. The quantitative estimate of drug-likeness (QED) is 0.373. The zero-order valence-electron chi connectivity index (χ0n) is 20.2. The number of pyridine rings is 1. The monoisotopic (exact) mass is 481 g/mol. The fourth-order valence-corrected chi connectivity index (χ4v) is 5.38. The smallest absolute Gasteiger partial charge is 0.273 e. The molecule has 9 heteroatoms. The van der Waals surface area contributed by atoms with Crippen molar-refractivity contribution < 1.29 is 18.0 Å². The van der Waals surface area contributed by atoms with Crippen LogP contribution < -0.4 is 0 Å². The third kappa shape index (κ3) is 3.44. The number of carbonyl (C=O) groups excluding carboxylic acids is 1. The fourth-order valence-electron chi connectivity index (χ4n) is 5.38. The number of nitrogens with zero attached hydrogens (tertiary/aromatic N) is 5. The highest BCUT2D eigenvalue weighted by atomic mass is 19.2. The van der Waals surface area contributed by atoms with Crippen molar-refractivity contribution in [1.29, 1.82) is 0 Å². The van der Waals surface area contributed by atoms with Crippen molar-refractivity contribution in [3.63, 3.8) is 0 Å². The number of rotatable bonds is 3. The normalized spacial score (nSPS) is 17.8. The SMILES string of the molecule is CCC1Cc2c(nn(C)c2-c2cc(F)c(F)c(F)c2)C(C)N1C(=O)c1c(C)nc2cccc(C)n12. The number of carbonyl (C=O) groups is 1. The average molecular weight is 482 g/mol. The number of halogens is 3. The van der Waals surface area contributed by atoms with Gasteiger partial charge in [-0.15, -0.1) is 0 Å². The lowest BCUT2D eigenvalue weighted by molar-refractivity contribution is 0.0537. The molecule has 0 aliphatic carbocycles. The minimum atomic E-state index is -1.50. The van der Waals surface area contributed by atoms with Gasteiger partial charge in [0.25, 0.3) is 5.91 Å². The summed E-state index contributed by atoms with van der Waals surface area (Å²) in [6.07, 6.45) is 1.13. The summed E-state index contributed by atoms with van der Waals surface area (Å²) in [6, 6.07) is 7.14. The highest BCUT2D eigenvalue weighted by Crippen LogP contribution is 2.40. The minimum Gasteiger partial charge on any atom is -0.326 e. The summed E-state index contributed by atoms with van der Waals surface area (Å²) in [6.45, 7) is 7.68. The van der Waals surface area contributed by atoms with Crippen LogP contribution in [0.1, 0.15) is 59.4 Å². The topological polar surface area (TPSA) is 55.4 Å². The molecule has 0 N–H and O–H groups in total. The van der Waals surface area contributed by atoms with Gasteiger partial charge in [0.1, 0.15) is 11.3 Å². The first kappa shape index (κ1) is 23.1. The van der Waals surface area contributed by atoms with E-state index >= 15 is 0 Å². The molecule has 1 aromatic carbocycles. The maximum absolute atomic E-state index is 14.0. The van der Waals surface area contributed by atoms with Gasteiger partial charge in [0.2, 0.25) is 0 Å². The molecule has 4 aromatic rings. The number of fused-ring (bicyclic) bond motifs is 2. The van der Waals surface area contributed by atoms with E-state index in [-0.39, 0.29) is 23.6 Å². The molecule has 1 aliphatic rings. The van der Waals surface area contributed by atoms with Gasteiger partial charge in [0.05, 0.1) is 23.1 Å². The van der Waals surface area contributed by atoms with Crippen LogP contribution in [0.3, 0.4) is 0 Å². The van der Waals surface area contributed by atoms with Crippen LogP contribution in [-0.4, -0.2) is 36.0 Å². The van der Waals surface area contributed by atoms with E-state index in [0.29, 0.717) is 41.3 Å². The highest BCUT2D eigenvalue weighted by molar-refractivity contribution is 5.95. The van der Waals surface area contributed by atoms with Crippen molar-refractivity contribution in [3.05, 3.63) is 76.1 Å². The Morgan fingerprint density at radius 2 is 1.83 bits per heavy atom. The van der Waals surface area contributed by atoms with E-state index in [2.05, 4.69) is 10.1 Å². The first-order valence-corrected chi connectivity index (χ1v) is 11.6. The Bertz CT molecular complexity index is 1470. The maximum Gasteiger partial charge on any atom is 0.273 e. The average Bonchev–Trinajstić information content (AvgIpc) is 3.33. The molecular weight excluding hydrogens is 455 g/mol. The summed E-state index contributed by atoms with van der Waals surface area (Å²) >= 11 is 0. The lowest BCUT2D eigenvalue weighted by Crippen LogP contribution is -2.46. The van der Waals surface area contributed by atoms with E-state index in [9.17, 15) is 18.0 Å². The van der Waals surface area contributed by atoms with E-state index in [1.54, 1.807) is 11.7 Å². The molecule has 0 spiro atoms. The first-order chi connectivity index (χ1) is 16.6. The molecule has 2 unspecified atom stereocenters. The van der Waals surface area contributed by atoms with Crippen LogP contribution in [0, 0.1) is 31.3 Å². The van der Waals surface area contributed by atoms with E-state index < -0.39 is 17.5 Å². The van der Waals surface area contributed by atoms with Gasteiger partial charge in [-0.05, 0) is 57.9 Å². The van der Waals surface area contributed by atoms with E-state index in [0.717, 1.165) is 23.4 Å². The lowest BCUT2D eigenvalue weighted by atomic mass is 9.89. The number of benzene rings is 1. The molecular formula is C26H26F3N5O. The van der Waals surface area contributed by atoms with E-state index in [4.69, 9.17) is 0 Å². The molecule has 5 rings (SSSR count). The van der Waals surface area contributed by atoms with Crippen LogP contribution in [0.15, 0.2) is 30.3 Å². The first-order valence-electron chi connectivity index (χ1n) is 11.6. The Balaban J connectivity index is 1.63. The van der Waals surface area contributed by atoms with Crippen LogP contribution in [0.5, 0.6) is 0 Å². The van der Waals surface area contributed by atoms with E-state index in [1.807, 2.05) is 55.2 Å². The van der Waals surface area contributed by atoms with Crippen molar-refractivity contribution in [2.75, 3.05) is 0 Å². The Morgan fingerprint density at radius 3 is 2.49 bits per heavy atom. The summed E-state index contributed by atoms with van der Waals surface area (Å²) in [5, 5.41) is 4.64. The van der Waals surface area contributed by atoms with Gasteiger partial charge in [-0.1, -0.05) is 13.0 Å². The van der Waals surface area contributed by atoms with Crippen LogP contribution >= 0.6 is 0 Å². The Labute approximate surface area is 201 Å². The molecule has 6 nitrogen and oxygen atoms in total. The number of amides is 1. The Kier molecular flexibility index (Phi) is 5.45. The number of aromatic nitrogens is 4. The van der Waals surface area contributed by atoms with Crippen molar-refractivity contribution in [2.24, 2.45) is 7.05 Å². The second kappa shape index (κ2) is 8.25. The van der Waals surface area contributed by atoms with Gasteiger partial charge in [-0.2, -0.15) is 5.10 Å². The molecule has 4 heterocycles. The number of imidazole rings is 1. The molecule has 1 amide bonds. The summed E-state index contributed by atoms with van der Waals surface area (Å²) in [4.78, 5) is 20.4. The molecule has 182 valence electrons. The zero-order chi connectivity index (χ0) is 25.2. The molecule has 3 aromatic heterocycles. The van der Waals surface area contributed by atoms with E-state index in [1.165, 1.54) is 0 Å². The molecule has 0 radical (unpaired) electrons. The highest BCUT2D eigenvalue weighted by Gasteiger charge is 2.40. The number of aryl methyl sites for hydroxylation is 3. The second-order valence-corrected chi connectivity index (χ2v) is 9.15. The number of hydrogen-bond acceptors (Lipinski definition) is 3. The van der Waals surface area contributed by atoms with Crippen molar-refractivity contribution in [1.82, 2.24) is 24.1 Å². The largest absolute Gasteiger partial charge is 0.326 e. The van der Waals surface area contributed by atoms with Gasteiger partial charge in [0, 0.05) is 29.9 Å². The van der Waals surface area contributed by atoms with Crippen LogP contribution in [0.2, 0.25) is 0 Å². The minimum absolute atomic E-state index is 0.139. The van der Waals surface area contributed by atoms with Crippen molar-refractivity contribution in [2.45, 2.75) is 52.6 Å². The van der Waals surface area contributed by atoms with Gasteiger partial charge < -0.3 is 4.90 Å². The molecule has 0 saturated carbocycles. The molecule has 0 fully saturated rings. The van der Waals surface area contributed by atoms with Crippen LogP contribution in [-0.2, 0) is 13.5 Å². The summed E-state index contributed by atoms with van der Waals surface area (Å²) in [5.41, 5.74) is 5.00. The van der Waals surface area contributed by atoms with Crippen molar-refractivity contribution >= 4 is 11.6 Å². The summed E-state index contributed by atoms with van der Waals surface area (Å²) in [5.74, 6) is -4.14. The molecule has 0 saturated heterocycles. The third-order valence-electron chi connectivity index (χ3n) is 7.00. The van der Waals surface area contributed by atoms with Gasteiger partial charge in [0.15, 0.2) is 17.5 Å². The van der Waals surface area contributed by atoms with Crippen LogP contribution in [0.4, 0.5) is 13.2 Å². The summed E-state index contributed by atoms with van der Waals surface area (Å²) < 4.78 is 45.1. The van der Waals surface area contributed by atoms with Gasteiger partial charge in [-0.3, -0.25) is 13.9 Å². The molecule has 0 bridgehead atoms. The van der Waals surface area contributed by atoms with Crippen LogP contribution in [0.25, 0.3) is 16.9 Å². The maximum atomic E-state index is 14.0. The lowest BCUT2D eigenvalue weighted by Gasteiger charge is -2.40. The molecule has 35 heavy (non-hydrogen) atoms. The summed E-state index contributed by atoms with van der Waals surface area (Å²) in [7, 11) is 1.69. The standard InChI is InChI=1S/C26H26F3N5O/c1-6-17-12-18-23(31-32(5)25(18)16-10-19(27)22(29)20(28)11-16)15(4)34(17)26(35)24-14(3)30-21-9-7-8-13(2)33(21)24/h7-11,15,17H,6,12H2,1-5H3. The Hall–Kier alpha value is -3.62. The second-order valence-electron chi connectivity index (χ2n) is 9.15. The third-order valence-corrected chi connectivity index (χ3v) is 7.00. The molecule has 1 aliphatic heterocycles. The predicted octanol–water partition coefficient (Wildman–Crippen LogP) is 5.31. The van der Waals surface area contributed by atoms with Gasteiger partial charge >= 0.3 is 0 Å². The predicted molar refractivity (Wildman–Crippen MR) is 126 cm³/mol. The van der Waals surface area contributed by atoms with Crippen molar-refractivity contribution in [3.8, 4) is 11.3 Å². The fraction of sp³-hybridized carbons (Fsp3) is 0.346. The molecule has 2 atom stereocenters.